The molecule has 1 aromatic heterocycles. The summed E-state index contributed by atoms with van der Waals surface area (Å²) in [6.45, 7) is 2.04. The Bertz CT molecular complexity index is 688. The number of anilines is 1. The average Bonchev–Trinajstić information content (AvgIpc) is 3.01. The maximum Gasteiger partial charge on any atom is 0.251 e. The number of hydrogen-bond acceptors (Lipinski definition) is 5. The van der Waals surface area contributed by atoms with Crippen LogP contribution >= 0.6 is 27.3 Å². The molecule has 0 aliphatic carbocycles. The first kappa shape index (κ1) is 18.5. The lowest BCUT2D eigenvalue weighted by Gasteiger charge is -2.05. The maximum absolute atomic E-state index is 11.9. The lowest BCUT2D eigenvalue weighted by molar-refractivity contribution is -0.115. The van der Waals surface area contributed by atoms with Crippen LogP contribution in [-0.2, 0) is 11.2 Å². The lowest BCUT2D eigenvalue weighted by atomic mass is 10.2. The standard InChI is InChI=1S/C16H19BrN4O2S/c1-2-3-4-5-14-20-21-16(24-14)19-13(22)10-18-15(23)11-6-8-12(17)9-7-11/h6-9H,2-5,10H2,1H3,(H,18,23)(H,19,21,22). The number of carbonyl (C=O) groups excluding carboxylic acids is 2. The van der Waals surface area contributed by atoms with E-state index in [0.29, 0.717) is 10.7 Å². The van der Waals surface area contributed by atoms with E-state index in [1.54, 1.807) is 24.3 Å². The van der Waals surface area contributed by atoms with Crippen LogP contribution < -0.4 is 10.6 Å². The topological polar surface area (TPSA) is 84.0 Å². The van der Waals surface area contributed by atoms with Crippen molar-refractivity contribution in [3.05, 3.63) is 39.3 Å². The van der Waals surface area contributed by atoms with Gasteiger partial charge in [0.05, 0.1) is 6.54 Å². The number of carbonyl (C=O) groups is 2. The molecule has 2 aromatic rings. The van der Waals surface area contributed by atoms with Gasteiger partial charge < -0.3 is 5.32 Å². The molecule has 2 rings (SSSR count). The van der Waals surface area contributed by atoms with Gasteiger partial charge in [-0.15, -0.1) is 10.2 Å². The minimum absolute atomic E-state index is 0.111. The summed E-state index contributed by atoms with van der Waals surface area (Å²) in [5, 5.41) is 14.6. The molecule has 0 unspecified atom stereocenters. The molecule has 6 nitrogen and oxygen atoms in total. The Balaban J connectivity index is 1.76. The summed E-state index contributed by atoms with van der Waals surface area (Å²) in [6, 6.07) is 6.92. The first-order valence-corrected chi connectivity index (χ1v) is 9.35. The largest absolute Gasteiger partial charge is 0.343 e. The van der Waals surface area contributed by atoms with Gasteiger partial charge in [0.15, 0.2) is 0 Å². The summed E-state index contributed by atoms with van der Waals surface area (Å²) < 4.78 is 0.891. The van der Waals surface area contributed by atoms with E-state index in [0.717, 1.165) is 35.2 Å². The predicted molar refractivity (Wildman–Crippen MR) is 98.2 cm³/mol. The predicted octanol–water partition coefficient (Wildman–Crippen LogP) is 3.40. The first-order chi connectivity index (χ1) is 11.6. The van der Waals surface area contributed by atoms with Gasteiger partial charge in [-0.2, -0.15) is 0 Å². The Morgan fingerprint density at radius 1 is 1.17 bits per heavy atom. The van der Waals surface area contributed by atoms with Crippen LogP contribution in [0.1, 0.15) is 41.6 Å². The zero-order valence-corrected chi connectivity index (χ0v) is 15.7. The smallest absolute Gasteiger partial charge is 0.251 e. The molecule has 1 aromatic carbocycles. The van der Waals surface area contributed by atoms with Gasteiger partial charge in [-0.3, -0.25) is 14.9 Å². The second kappa shape index (κ2) is 9.48. The highest BCUT2D eigenvalue weighted by atomic mass is 79.9. The number of aryl methyl sites for hydroxylation is 1. The van der Waals surface area contributed by atoms with Crippen molar-refractivity contribution in [2.24, 2.45) is 0 Å². The number of benzene rings is 1. The second-order valence-corrected chi connectivity index (χ2v) is 7.17. The third-order valence-corrected chi connectivity index (χ3v) is 4.65. The molecule has 24 heavy (non-hydrogen) atoms. The van der Waals surface area contributed by atoms with Crippen LogP contribution in [0.15, 0.2) is 28.7 Å². The third-order valence-electron chi connectivity index (χ3n) is 3.22. The molecule has 0 radical (unpaired) electrons. The van der Waals surface area contributed by atoms with Gasteiger partial charge >= 0.3 is 0 Å². The molecule has 0 aliphatic rings. The van der Waals surface area contributed by atoms with Crippen LogP contribution in [0.5, 0.6) is 0 Å². The number of unbranched alkanes of at least 4 members (excludes halogenated alkanes) is 2. The van der Waals surface area contributed by atoms with Crippen molar-refractivity contribution in [3.63, 3.8) is 0 Å². The molecule has 0 aliphatic heterocycles. The van der Waals surface area contributed by atoms with E-state index in [1.165, 1.54) is 11.3 Å². The summed E-state index contributed by atoms with van der Waals surface area (Å²) >= 11 is 4.68. The van der Waals surface area contributed by atoms with Crippen LogP contribution in [-0.4, -0.2) is 28.6 Å². The minimum Gasteiger partial charge on any atom is -0.343 e. The molecule has 0 atom stereocenters. The summed E-state index contributed by atoms with van der Waals surface area (Å²) in [5.74, 6) is -0.619. The Hall–Kier alpha value is -1.80. The van der Waals surface area contributed by atoms with Crippen molar-refractivity contribution in [1.82, 2.24) is 15.5 Å². The molecular weight excluding hydrogens is 392 g/mol. The van der Waals surface area contributed by atoms with E-state index >= 15 is 0 Å². The SMILES string of the molecule is CCCCCc1nnc(NC(=O)CNC(=O)c2ccc(Br)cc2)s1. The Morgan fingerprint density at radius 3 is 2.62 bits per heavy atom. The van der Waals surface area contributed by atoms with E-state index in [2.05, 4.69) is 43.7 Å². The molecule has 0 spiro atoms. The fraction of sp³-hybridized carbons (Fsp3) is 0.375. The van der Waals surface area contributed by atoms with Crippen LogP contribution in [0.4, 0.5) is 5.13 Å². The first-order valence-electron chi connectivity index (χ1n) is 7.74. The van der Waals surface area contributed by atoms with E-state index < -0.39 is 0 Å². The van der Waals surface area contributed by atoms with Gasteiger partial charge in [0.25, 0.3) is 5.91 Å². The normalized spacial score (nSPS) is 10.4. The lowest BCUT2D eigenvalue weighted by Crippen LogP contribution is -2.32. The molecule has 0 bridgehead atoms. The highest BCUT2D eigenvalue weighted by Crippen LogP contribution is 2.17. The van der Waals surface area contributed by atoms with Crippen LogP contribution in [0.3, 0.4) is 0 Å². The van der Waals surface area contributed by atoms with Crippen molar-refractivity contribution >= 4 is 44.2 Å². The number of nitrogens with zero attached hydrogens (tertiary/aromatic N) is 2. The highest BCUT2D eigenvalue weighted by Gasteiger charge is 2.10. The summed E-state index contributed by atoms with van der Waals surface area (Å²) in [6.07, 6.45) is 4.26. The van der Waals surface area contributed by atoms with E-state index in [1.807, 2.05) is 0 Å². The van der Waals surface area contributed by atoms with Crippen LogP contribution in [0.2, 0.25) is 0 Å². The molecule has 0 fully saturated rings. The van der Waals surface area contributed by atoms with Crippen molar-refractivity contribution in [3.8, 4) is 0 Å². The van der Waals surface area contributed by atoms with Gasteiger partial charge in [0.2, 0.25) is 11.0 Å². The molecule has 128 valence electrons. The Morgan fingerprint density at radius 2 is 1.92 bits per heavy atom. The van der Waals surface area contributed by atoms with Crippen LogP contribution in [0.25, 0.3) is 0 Å². The van der Waals surface area contributed by atoms with Crippen molar-refractivity contribution < 1.29 is 9.59 Å². The Labute approximate surface area is 153 Å². The number of halogens is 1. The highest BCUT2D eigenvalue weighted by molar-refractivity contribution is 9.10. The molecular formula is C16H19BrN4O2S. The molecule has 2 N–H and O–H groups in total. The van der Waals surface area contributed by atoms with Crippen molar-refractivity contribution in [2.45, 2.75) is 32.6 Å². The fourth-order valence-corrected chi connectivity index (χ4v) is 3.02. The third kappa shape index (κ3) is 6.01. The quantitative estimate of drug-likeness (QED) is 0.653. The average molecular weight is 411 g/mol. The zero-order chi connectivity index (χ0) is 17.4. The zero-order valence-electron chi connectivity index (χ0n) is 13.3. The van der Waals surface area contributed by atoms with Crippen LogP contribution in [0, 0.1) is 0 Å². The molecule has 0 saturated heterocycles. The van der Waals surface area contributed by atoms with E-state index in [9.17, 15) is 9.59 Å². The molecule has 1 heterocycles. The maximum atomic E-state index is 11.9. The van der Waals surface area contributed by atoms with Crippen molar-refractivity contribution in [2.75, 3.05) is 11.9 Å². The van der Waals surface area contributed by atoms with Gasteiger partial charge in [-0.25, -0.2) is 0 Å². The molecule has 0 saturated carbocycles. The number of aromatic nitrogens is 2. The number of nitrogens with one attached hydrogen (secondary N) is 2. The van der Waals surface area contributed by atoms with E-state index in [-0.39, 0.29) is 18.4 Å². The summed E-state index contributed by atoms with van der Waals surface area (Å²) in [4.78, 5) is 23.8. The minimum atomic E-state index is -0.322. The number of rotatable bonds is 8. The summed E-state index contributed by atoms with van der Waals surface area (Å²) in [5.41, 5.74) is 0.500. The van der Waals surface area contributed by atoms with Gasteiger partial charge in [-0.05, 0) is 30.7 Å². The van der Waals surface area contributed by atoms with Gasteiger partial charge in [0.1, 0.15) is 5.01 Å². The second-order valence-electron chi connectivity index (χ2n) is 5.20. The monoisotopic (exact) mass is 410 g/mol. The number of amides is 2. The molecule has 2 amide bonds. The summed E-state index contributed by atoms with van der Waals surface area (Å²) in [7, 11) is 0. The van der Waals surface area contributed by atoms with Gasteiger partial charge in [-0.1, -0.05) is 47.0 Å². The molecule has 8 heteroatoms. The van der Waals surface area contributed by atoms with Gasteiger partial charge in [0, 0.05) is 16.5 Å². The van der Waals surface area contributed by atoms with E-state index in [4.69, 9.17) is 0 Å². The Kier molecular flexibility index (Phi) is 7.33. The van der Waals surface area contributed by atoms with Crippen molar-refractivity contribution in [1.29, 1.82) is 0 Å². The number of hydrogen-bond donors (Lipinski definition) is 2. The fourth-order valence-electron chi connectivity index (χ4n) is 1.96.